The Hall–Kier alpha value is -0.670. The molecule has 3 heteroatoms. The molecular weight excluding hydrogens is 254 g/mol. The summed E-state index contributed by atoms with van der Waals surface area (Å²) in [5.74, 6) is 0.537. The van der Waals surface area contributed by atoms with Gasteiger partial charge in [-0.05, 0) is 45.6 Å². The molecular formula is C16H27NOS. The summed E-state index contributed by atoms with van der Waals surface area (Å²) < 4.78 is 15.5. The highest BCUT2D eigenvalue weighted by Crippen LogP contribution is 2.30. The third-order valence-corrected chi connectivity index (χ3v) is 4.85. The number of nitrogens with one attached hydrogen (secondary N) is 1. The fraction of sp³-hybridized carbons (Fsp3) is 0.625. The van der Waals surface area contributed by atoms with E-state index in [2.05, 4.69) is 37.6 Å². The molecule has 0 aliphatic heterocycles. The van der Waals surface area contributed by atoms with Crippen molar-refractivity contribution >= 4 is 11.0 Å². The Bertz CT molecular complexity index is 422. The maximum atomic E-state index is 12.4. The molecule has 1 N–H and O–H groups in total. The lowest BCUT2D eigenvalue weighted by Gasteiger charge is -2.35. The molecule has 108 valence electrons. The Morgan fingerprint density at radius 3 is 2.05 bits per heavy atom. The van der Waals surface area contributed by atoms with E-state index in [0.29, 0.717) is 5.92 Å². The van der Waals surface area contributed by atoms with E-state index in [1.807, 2.05) is 39.0 Å². The lowest BCUT2D eigenvalue weighted by molar-refractivity contribution is 0.349. The normalized spacial score (nSPS) is 17.2. The summed E-state index contributed by atoms with van der Waals surface area (Å²) in [5.41, 5.74) is 0.939. The van der Waals surface area contributed by atoms with Crippen molar-refractivity contribution in [1.82, 2.24) is 4.72 Å². The molecule has 1 aromatic carbocycles. The van der Waals surface area contributed by atoms with Crippen LogP contribution in [0.4, 0.5) is 0 Å². The van der Waals surface area contributed by atoms with Gasteiger partial charge in [-0.3, -0.25) is 0 Å². The van der Waals surface area contributed by atoms with E-state index in [-0.39, 0.29) is 10.3 Å². The highest BCUT2D eigenvalue weighted by molar-refractivity contribution is 7.84. The van der Waals surface area contributed by atoms with E-state index in [9.17, 15) is 4.21 Å². The lowest BCUT2D eigenvalue weighted by atomic mass is 9.85. The molecule has 0 radical (unpaired) electrons. The van der Waals surface area contributed by atoms with Gasteiger partial charge in [0.05, 0.1) is 21.3 Å². The minimum atomic E-state index is -1.07. The zero-order chi connectivity index (χ0) is 14.7. The summed E-state index contributed by atoms with van der Waals surface area (Å²) in [6.45, 7) is 12.5. The van der Waals surface area contributed by atoms with Gasteiger partial charge in [-0.15, -0.1) is 0 Å². The van der Waals surface area contributed by atoms with Crippen LogP contribution in [0.1, 0.15) is 53.5 Å². The van der Waals surface area contributed by atoms with Crippen molar-refractivity contribution in [2.75, 3.05) is 0 Å². The summed E-state index contributed by atoms with van der Waals surface area (Å²) in [7, 11) is -1.07. The summed E-state index contributed by atoms with van der Waals surface area (Å²) in [4.78, 5) is 0. The zero-order valence-electron chi connectivity index (χ0n) is 13.0. The monoisotopic (exact) mass is 281 g/mol. The number of rotatable bonds is 5. The molecule has 0 saturated carbocycles. The van der Waals surface area contributed by atoms with E-state index >= 15 is 0 Å². The van der Waals surface area contributed by atoms with Gasteiger partial charge in [-0.2, -0.15) is 0 Å². The number of benzene rings is 1. The SMILES string of the molecule is CC(C)CC(C)(NS(=O)C(C)(C)C)c1ccccc1. The van der Waals surface area contributed by atoms with Crippen molar-refractivity contribution in [3.05, 3.63) is 35.9 Å². The van der Waals surface area contributed by atoms with E-state index in [1.165, 1.54) is 5.56 Å². The average Bonchev–Trinajstić information content (AvgIpc) is 2.27. The van der Waals surface area contributed by atoms with Gasteiger partial charge >= 0.3 is 0 Å². The minimum Gasteiger partial charge on any atom is -0.242 e. The van der Waals surface area contributed by atoms with Crippen molar-refractivity contribution in [2.24, 2.45) is 5.92 Å². The second-order valence-corrected chi connectivity index (χ2v) is 8.75. The lowest BCUT2D eigenvalue weighted by Crippen LogP contribution is -2.46. The average molecular weight is 281 g/mol. The van der Waals surface area contributed by atoms with Crippen LogP contribution in [0.15, 0.2) is 30.3 Å². The predicted octanol–water partition coefficient (Wildman–Crippen LogP) is 4.00. The summed E-state index contributed by atoms with van der Waals surface area (Å²) >= 11 is 0. The molecule has 0 aliphatic rings. The van der Waals surface area contributed by atoms with Crippen LogP contribution in [-0.2, 0) is 16.5 Å². The fourth-order valence-corrected chi connectivity index (χ4v) is 3.12. The highest BCUT2D eigenvalue weighted by Gasteiger charge is 2.32. The molecule has 0 bridgehead atoms. The first-order chi connectivity index (χ1) is 8.65. The van der Waals surface area contributed by atoms with Crippen LogP contribution in [0.25, 0.3) is 0 Å². The van der Waals surface area contributed by atoms with Crippen LogP contribution in [-0.4, -0.2) is 8.96 Å². The first-order valence-corrected chi connectivity index (χ1v) is 8.05. The van der Waals surface area contributed by atoms with Crippen molar-refractivity contribution in [3.8, 4) is 0 Å². The molecule has 0 spiro atoms. The van der Waals surface area contributed by atoms with Gasteiger partial charge < -0.3 is 0 Å². The third-order valence-electron chi connectivity index (χ3n) is 3.10. The van der Waals surface area contributed by atoms with Crippen molar-refractivity contribution in [1.29, 1.82) is 0 Å². The van der Waals surface area contributed by atoms with E-state index in [4.69, 9.17) is 0 Å². The Morgan fingerprint density at radius 2 is 1.63 bits per heavy atom. The van der Waals surface area contributed by atoms with Crippen LogP contribution < -0.4 is 4.72 Å². The molecule has 2 atom stereocenters. The highest BCUT2D eigenvalue weighted by atomic mass is 32.2. The molecule has 1 rings (SSSR count). The standard InChI is InChI=1S/C16H27NOS/c1-13(2)12-16(6,14-10-8-7-9-11-14)17-19(18)15(3,4)5/h7-11,13,17H,12H2,1-6H3. The zero-order valence-corrected chi connectivity index (χ0v) is 13.8. The topological polar surface area (TPSA) is 29.1 Å². The summed E-state index contributed by atoms with van der Waals surface area (Å²) in [6, 6.07) is 10.3. The van der Waals surface area contributed by atoms with E-state index in [0.717, 1.165) is 6.42 Å². The van der Waals surface area contributed by atoms with Crippen molar-refractivity contribution < 1.29 is 4.21 Å². The molecule has 0 amide bonds. The van der Waals surface area contributed by atoms with Gasteiger partial charge in [0.15, 0.2) is 0 Å². The number of hydrogen-bond acceptors (Lipinski definition) is 1. The third kappa shape index (κ3) is 4.73. The summed E-state index contributed by atoms with van der Waals surface area (Å²) in [6.07, 6.45) is 0.957. The van der Waals surface area contributed by atoms with E-state index in [1.54, 1.807) is 0 Å². The Balaban J connectivity index is 3.04. The summed E-state index contributed by atoms with van der Waals surface area (Å²) in [5, 5.41) is 0. The fourth-order valence-electron chi connectivity index (χ4n) is 2.20. The Morgan fingerprint density at radius 1 is 1.11 bits per heavy atom. The van der Waals surface area contributed by atoms with Crippen LogP contribution in [0.3, 0.4) is 0 Å². The van der Waals surface area contributed by atoms with Gasteiger partial charge in [0.2, 0.25) is 0 Å². The smallest absolute Gasteiger partial charge is 0.0978 e. The Kier molecular flexibility index (Phi) is 5.34. The molecule has 0 saturated heterocycles. The predicted molar refractivity (Wildman–Crippen MR) is 84.3 cm³/mol. The first-order valence-electron chi connectivity index (χ1n) is 6.90. The number of hydrogen-bond donors (Lipinski definition) is 1. The molecule has 1 aromatic rings. The van der Waals surface area contributed by atoms with Crippen molar-refractivity contribution in [3.63, 3.8) is 0 Å². The minimum absolute atomic E-state index is 0.256. The molecule has 2 unspecified atom stereocenters. The second-order valence-electron chi connectivity index (χ2n) is 6.78. The van der Waals surface area contributed by atoms with Gasteiger partial charge in [0.1, 0.15) is 0 Å². The quantitative estimate of drug-likeness (QED) is 0.868. The van der Waals surface area contributed by atoms with Gasteiger partial charge in [-0.1, -0.05) is 44.2 Å². The van der Waals surface area contributed by atoms with E-state index < -0.39 is 11.0 Å². The molecule has 0 fully saturated rings. The molecule has 19 heavy (non-hydrogen) atoms. The molecule has 0 heterocycles. The second kappa shape index (κ2) is 6.19. The van der Waals surface area contributed by atoms with Gasteiger partial charge in [0, 0.05) is 0 Å². The van der Waals surface area contributed by atoms with Crippen LogP contribution in [0.2, 0.25) is 0 Å². The van der Waals surface area contributed by atoms with Crippen molar-refractivity contribution in [2.45, 2.75) is 58.2 Å². The van der Waals surface area contributed by atoms with Crippen LogP contribution >= 0.6 is 0 Å². The van der Waals surface area contributed by atoms with Crippen LogP contribution in [0, 0.1) is 5.92 Å². The van der Waals surface area contributed by atoms with Gasteiger partial charge in [0.25, 0.3) is 0 Å². The van der Waals surface area contributed by atoms with Crippen LogP contribution in [0.5, 0.6) is 0 Å². The maximum Gasteiger partial charge on any atom is 0.0978 e. The largest absolute Gasteiger partial charge is 0.242 e. The van der Waals surface area contributed by atoms with Gasteiger partial charge in [-0.25, -0.2) is 8.93 Å². The first kappa shape index (κ1) is 16.4. The molecule has 0 aromatic heterocycles. The molecule has 2 nitrogen and oxygen atoms in total. The maximum absolute atomic E-state index is 12.4. The Labute approximate surface area is 120 Å². The molecule has 0 aliphatic carbocycles.